The third-order valence-corrected chi connectivity index (χ3v) is 4.68. The van der Waals surface area contributed by atoms with E-state index < -0.39 is 0 Å². The van der Waals surface area contributed by atoms with Gasteiger partial charge in [0.2, 0.25) is 0 Å². The average Bonchev–Trinajstić information content (AvgIpc) is 2.42. The molecule has 2 heteroatoms. The zero-order chi connectivity index (χ0) is 13.8. The second kappa shape index (κ2) is 6.58. The first kappa shape index (κ1) is 14.6. The molecular weight excluding hydrogens is 320 g/mol. The predicted molar refractivity (Wildman–Crippen MR) is 87.0 cm³/mol. The van der Waals surface area contributed by atoms with Crippen molar-refractivity contribution in [1.82, 2.24) is 0 Å². The van der Waals surface area contributed by atoms with Crippen LogP contribution in [0.5, 0.6) is 0 Å². The van der Waals surface area contributed by atoms with E-state index in [0.717, 1.165) is 22.0 Å². The fourth-order valence-corrected chi connectivity index (χ4v) is 2.69. The monoisotopic (exact) mass is 336 g/mol. The Morgan fingerprint density at radius 1 is 1.05 bits per heavy atom. The number of benzene rings is 2. The van der Waals surface area contributed by atoms with Gasteiger partial charge in [-0.2, -0.15) is 0 Å². The summed E-state index contributed by atoms with van der Waals surface area (Å²) in [5.41, 5.74) is 4.89. The predicted octanol–water partition coefficient (Wildman–Crippen LogP) is 6.04. The Kier molecular flexibility index (Phi) is 5.06. The quantitative estimate of drug-likeness (QED) is 0.597. The van der Waals surface area contributed by atoms with Crippen molar-refractivity contribution in [3.63, 3.8) is 0 Å². The minimum Gasteiger partial charge on any atom is -0.113 e. The topological polar surface area (TPSA) is 0 Å². The molecule has 0 aromatic heterocycles. The Morgan fingerprint density at radius 3 is 2.26 bits per heavy atom. The molecule has 1 unspecified atom stereocenters. The highest BCUT2D eigenvalue weighted by Gasteiger charge is 2.11. The van der Waals surface area contributed by atoms with Crippen LogP contribution in [0, 0.1) is 6.92 Å². The molecule has 0 saturated heterocycles. The first-order valence-electron chi connectivity index (χ1n) is 6.60. The lowest BCUT2D eigenvalue weighted by molar-refractivity contribution is 0.920. The largest absolute Gasteiger partial charge is 0.113 e. The second-order valence-electron chi connectivity index (χ2n) is 4.86. The molecule has 0 fully saturated rings. The van der Waals surface area contributed by atoms with E-state index in [-0.39, 0.29) is 5.38 Å². The van der Waals surface area contributed by atoms with Crippen LogP contribution in [0.2, 0.25) is 0 Å². The van der Waals surface area contributed by atoms with E-state index >= 15 is 0 Å². The first-order valence-corrected chi connectivity index (χ1v) is 7.83. The molecule has 100 valence electrons. The van der Waals surface area contributed by atoms with Gasteiger partial charge in [0.15, 0.2) is 0 Å². The van der Waals surface area contributed by atoms with Crippen molar-refractivity contribution in [2.45, 2.75) is 32.1 Å². The van der Waals surface area contributed by atoms with Gasteiger partial charge >= 0.3 is 0 Å². The van der Waals surface area contributed by atoms with Crippen LogP contribution in [0.1, 0.15) is 41.0 Å². The normalized spacial score (nSPS) is 12.4. The number of hydrogen-bond acceptors (Lipinski definition) is 0. The molecule has 0 aliphatic rings. The van der Waals surface area contributed by atoms with Crippen LogP contribution in [-0.4, -0.2) is 0 Å². The molecule has 0 bridgehead atoms. The van der Waals surface area contributed by atoms with E-state index in [0.29, 0.717) is 0 Å². The number of rotatable bonds is 4. The third-order valence-electron chi connectivity index (χ3n) is 3.29. The Bertz CT molecular complexity index is 546. The van der Waals surface area contributed by atoms with Crippen molar-refractivity contribution in [2.75, 3.05) is 0 Å². The molecule has 2 aromatic rings. The van der Waals surface area contributed by atoms with E-state index in [1.807, 2.05) is 0 Å². The summed E-state index contributed by atoms with van der Waals surface area (Å²) in [5.74, 6) is 0. The molecule has 0 amide bonds. The summed E-state index contributed by atoms with van der Waals surface area (Å²) in [6.07, 6.45) is 2.31. The van der Waals surface area contributed by atoms with Gasteiger partial charge in [-0.15, -0.1) is 11.6 Å². The van der Waals surface area contributed by atoms with Gasteiger partial charge < -0.3 is 0 Å². The van der Waals surface area contributed by atoms with Crippen LogP contribution in [0.15, 0.2) is 46.9 Å². The highest BCUT2D eigenvalue weighted by molar-refractivity contribution is 9.10. The maximum Gasteiger partial charge on any atom is 0.0835 e. The van der Waals surface area contributed by atoms with E-state index in [2.05, 4.69) is 72.2 Å². The van der Waals surface area contributed by atoms with Crippen molar-refractivity contribution in [2.24, 2.45) is 0 Å². The molecule has 0 nitrogen and oxygen atoms in total. The van der Waals surface area contributed by atoms with Crippen LogP contribution in [-0.2, 0) is 6.42 Å². The standard InChI is InChI=1S/C17H18BrCl/c1-3-4-13-5-7-14(8-6-13)17(19)15-9-10-16(18)12(2)11-15/h5-11,17H,3-4H2,1-2H3. The molecule has 0 spiro atoms. The van der Waals surface area contributed by atoms with Gasteiger partial charge in [0, 0.05) is 4.47 Å². The lowest BCUT2D eigenvalue weighted by atomic mass is 10.0. The number of aryl methyl sites for hydroxylation is 2. The second-order valence-corrected chi connectivity index (χ2v) is 6.15. The fraction of sp³-hybridized carbons (Fsp3) is 0.294. The SMILES string of the molecule is CCCc1ccc(C(Cl)c2ccc(Br)c(C)c2)cc1. The summed E-state index contributed by atoms with van der Waals surface area (Å²) in [5, 5.41) is -0.0810. The number of alkyl halides is 1. The Labute approximate surface area is 128 Å². The van der Waals surface area contributed by atoms with Gasteiger partial charge in [0.05, 0.1) is 5.38 Å². The van der Waals surface area contributed by atoms with Crippen LogP contribution in [0.4, 0.5) is 0 Å². The van der Waals surface area contributed by atoms with Gasteiger partial charge in [-0.25, -0.2) is 0 Å². The van der Waals surface area contributed by atoms with Gasteiger partial charge in [0.1, 0.15) is 0 Å². The van der Waals surface area contributed by atoms with Crippen molar-refractivity contribution in [1.29, 1.82) is 0 Å². The van der Waals surface area contributed by atoms with Crippen LogP contribution in [0.25, 0.3) is 0 Å². The van der Waals surface area contributed by atoms with Gasteiger partial charge in [-0.05, 0) is 41.7 Å². The summed E-state index contributed by atoms with van der Waals surface area (Å²) in [7, 11) is 0. The van der Waals surface area contributed by atoms with E-state index in [1.165, 1.54) is 17.5 Å². The highest BCUT2D eigenvalue weighted by atomic mass is 79.9. The molecule has 0 radical (unpaired) electrons. The maximum absolute atomic E-state index is 6.57. The van der Waals surface area contributed by atoms with Gasteiger partial charge in [0.25, 0.3) is 0 Å². The molecule has 0 heterocycles. The summed E-state index contributed by atoms with van der Waals surface area (Å²) in [6.45, 7) is 4.28. The molecule has 2 aromatic carbocycles. The van der Waals surface area contributed by atoms with Crippen LogP contribution in [0.3, 0.4) is 0 Å². The van der Waals surface area contributed by atoms with Crippen molar-refractivity contribution < 1.29 is 0 Å². The number of hydrogen-bond donors (Lipinski definition) is 0. The highest BCUT2D eigenvalue weighted by Crippen LogP contribution is 2.31. The maximum atomic E-state index is 6.57. The molecule has 0 aliphatic heterocycles. The zero-order valence-electron chi connectivity index (χ0n) is 11.3. The molecule has 2 rings (SSSR count). The van der Waals surface area contributed by atoms with Crippen molar-refractivity contribution in [3.8, 4) is 0 Å². The van der Waals surface area contributed by atoms with Crippen LogP contribution < -0.4 is 0 Å². The minimum atomic E-state index is -0.0810. The summed E-state index contributed by atoms with van der Waals surface area (Å²) >= 11 is 10.1. The Hall–Kier alpha value is -0.790. The first-order chi connectivity index (χ1) is 9.11. The third kappa shape index (κ3) is 3.61. The smallest absolute Gasteiger partial charge is 0.0835 e. The lowest BCUT2D eigenvalue weighted by Crippen LogP contribution is -1.95. The fourth-order valence-electron chi connectivity index (χ4n) is 2.16. The molecule has 0 aliphatic carbocycles. The summed E-state index contributed by atoms with van der Waals surface area (Å²) in [6, 6.07) is 14.9. The Balaban J connectivity index is 2.22. The molecule has 19 heavy (non-hydrogen) atoms. The average molecular weight is 338 g/mol. The molecular formula is C17H18BrCl. The summed E-state index contributed by atoms with van der Waals surface area (Å²) in [4.78, 5) is 0. The van der Waals surface area contributed by atoms with E-state index in [1.54, 1.807) is 0 Å². The van der Waals surface area contributed by atoms with Crippen molar-refractivity contribution >= 4 is 27.5 Å². The van der Waals surface area contributed by atoms with Crippen LogP contribution >= 0.6 is 27.5 Å². The van der Waals surface area contributed by atoms with E-state index in [9.17, 15) is 0 Å². The molecule has 0 saturated carbocycles. The van der Waals surface area contributed by atoms with Gasteiger partial charge in [-0.1, -0.05) is 65.7 Å². The molecule has 1 atom stereocenters. The summed E-state index contributed by atoms with van der Waals surface area (Å²) < 4.78 is 1.12. The zero-order valence-corrected chi connectivity index (χ0v) is 13.6. The lowest BCUT2D eigenvalue weighted by Gasteiger charge is -2.12. The van der Waals surface area contributed by atoms with Gasteiger partial charge in [-0.3, -0.25) is 0 Å². The minimum absolute atomic E-state index is 0.0810. The molecule has 0 N–H and O–H groups in total. The van der Waals surface area contributed by atoms with E-state index in [4.69, 9.17) is 11.6 Å². The van der Waals surface area contributed by atoms with Crippen molar-refractivity contribution in [3.05, 3.63) is 69.2 Å². The number of halogens is 2. The Morgan fingerprint density at radius 2 is 1.68 bits per heavy atom.